The molecule has 3 rings (SSSR count). The summed E-state index contributed by atoms with van der Waals surface area (Å²) in [6, 6.07) is 20.5. The molecular formula is C19H23ClN2OS. The summed E-state index contributed by atoms with van der Waals surface area (Å²) >= 11 is 1.60. The maximum Gasteiger partial charge on any atom is 0.232 e. The molecule has 0 spiro atoms. The predicted molar refractivity (Wildman–Crippen MR) is 103 cm³/mol. The number of rotatable bonds is 5. The van der Waals surface area contributed by atoms with E-state index in [1.807, 2.05) is 41.3 Å². The van der Waals surface area contributed by atoms with Gasteiger partial charge in [0.05, 0.1) is 5.75 Å². The zero-order valence-electron chi connectivity index (χ0n) is 13.5. The lowest BCUT2D eigenvalue weighted by Crippen LogP contribution is -2.31. The molecule has 0 aromatic heterocycles. The van der Waals surface area contributed by atoms with Gasteiger partial charge in [0.25, 0.3) is 0 Å². The van der Waals surface area contributed by atoms with E-state index in [4.69, 9.17) is 5.73 Å². The lowest BCUT2D eigenvalue weighted by molar-refractivity contribution is -0.127. The minimum atomic E-state index is 0. The molecule has 3 nitrogen and oxygen atoms in total. The number of carbonyl (C=O) groups excluding carboxylic acids is 1. The van der Waals surface area contributed by atoms with Gasteiger partial charge in [0, 0.05) is 23.9 Å². The standard InChI is InChI=1S/C19H22N2OS.ClH/c20-11-16-12-21(13-18(16)15-7-3-1-4-8-15)19(22)14-23-17-9-5-2-6-10-17;/h1-10,16,18H,11-14,20H2;1H/t16-,18+;/m1./s1. The highest BCUT2D eigenvalue weighted by molar-refractivity contribution is 8.00. The number of hydrogen-bond acceptors (Lipinski definition) is 3. The highest BCUT2D eigenvalue weighted by Gasteiger charge is 2.34. The van der Waals surface area contributed by atoms with Crippen molar-refractivity contribution >= 4 is 30.1 Å². The summed E-state index contributed by atoms with van der Waals surface area (Å²) in [6.07, 6.45) is 0. The van der Waals surface area contributed by atoms with Gasteiger partial charge in [-0.1, -0.05) is 48.5 Å². The molecule has 2 N–H and O–H groups in total. The zero-order valence-corrected chi connectivity index (χ0v) is 15.1. The SMILES string of the molecule is Cl.NC[C@@H]1CN(C(=O)CSc2ccccc2)C[C@H]1c1ccccc1. The number of likely N-dealkylation sites (tertiary alicyclic amines) is 1. The fraction of sp³-hybridized carbons (Fsp3) is 0.316. The first-order valence-electron chi connectivity index (χ1n) is 7.98. The van der Waals surface area contributed by atoms with E-state index in [1.54, 1.807) is 11.8 Å². The van der Waals surface area contributed by atoms with Crippen LogP contribution in [0.5, 0.6) is 0 Å². The fourth-order valence-electron chi connectivity index (χ4n) is 3.14. The van der Waals surface area contributed by atoms with Gasteiger partial charge in [-0.2, -0.15) is 0 Å². The average molecular weight is 363 g/mol. The quantitative estimate of drug-likeness (QED) is 0.829. The van der Waals surface area contributed by atoms with Crippen LogP contribution in [0.1, 0.15) is 11.5 Å². The molecule has 128 valence electrons. The van der Waals surface area contributed by atoms with E-state index < -0.39 is 0 Å². The van der Waals surface area contributed by atoms with E-state index in [0.717, 1.165) is 18.0 Å². The van der Waals surface area contributed by atoms with Crippen LogP contribution in [-0.2, 0) is 4.79 Å². The molecule has 24 heavy (non-hydrogen) atoms. The summed E-state index contributed by atoms with van der Waals surface area (Å²) < 4.78 is 0. The van der Waals surface area contributed by atoms with E-state index in [1.165, 1.54) is 5.56 Å². The molecule has 5 heteroatoms. The lowest BCUT2D eigenvalue weighted by atomic mass is 9.89. The van der Waals surface area contributed by atoms with Gasteiger partial charge < -0.3 is 10.6 Å². The number of thioether (sulfide) groups is 1. The van der Waals surface area contributed by atoms with Gasteiger partial charge in [0.1, 0.15) is 0 Å². The molecule has 0 bridgehead atoms. The van der Waals surface area contributed by atoms with Crippen LogP contribution in [-0.4, -0.2) is 36.2 Å². The van der Waals surface area contributed by atoms with Crippen LogP contribution in [0.2, 0.25) is 0 Å². The molecule has 0 unspecified atom stereocenters. The number of nitrogens with zero attached hydrogens (tertiary/aromatic N) is 1. The van der Waals surface area contributed by atoms with Crippen molar-refractivity contribution < 1.29 is 4.79 Å². The maximum atomic E-state index is 12.5. The Hall–Kier alpha value is -1.49. The second-order valence-corrected chi connectivity index (χ2v) is 6.96. The highest BCUT2D eigenvalue weighted by atomic mass is 35.5. The summed E-state index contributed by atoms with van der Waals surface area (Å²) in [6.45, 7) is 2.17. The molecule has 0 aliphatic carbocycles. The van der Waals surface area contributed by atoms with Crippen molar-refractivity contribution in [3.05, 3.63) is 66.2 Å². The molecule has 1 aliphatic heterocycles. The molecule has 0 saturated carbocycles. The molecule has 1 fully saturated rings. The van der Waals surface area contributed by atoms with E-state index in [9.17, 15) is 4.79 Å². The molecule has 2 aromatic carbocycles. The van der Waals surface area contributed by atoms with Gasteiger partial charge in [0.15, 0.2) is 0 Å². The Balaban J connectivity index is 0.00000208. The van der Waals surface area contributed by atoms with Crippen LogP contribution < -0.4 is 5.73 Å². The molecule has 1 aliphatic rings. The second-order valence-electron chi connectivity index (χ2n) is 5.91. The zero-order chi connectivity index (χ0) is 16.1. The van der Waals surface area contributed by atoms with Gasteiger partial charge in [-0.25, -0.2) is 0 Å². The molecule has 2 atom stereocenters. The molecule has 0 radical (unpaired) electrons. The van der Waals surface area contributed by atoms with Crippen molar-refractivity contribution in [1.82, 2.24) is 4.90 Å². The smallest absolute Gasteiger partial charge is 0.232 e. The van der Waals surface area contributed by atoms with Crippen molar-refractivity contribution in [2.75, 3.05) is 25.4 Å². The fourth-order valence-corrected chi connectivity index (χ4v) is 3.97. The van der Waals surface area contributed by atoms with Gasteiger partial charge in [-0.05, 0) is 30.2 Å². The summed E-state index contributed by atoms with van der Waals surface area (Å²) in [5.74, 6) is 1.40. The summed E-state index contributed by atoms with van der Waals surface area (Å²) in [7, 11) is 0. The number of nitrogens with two attached hydrogens (primary N) is 1. The van der Waals surface area contributed by atoms with E-state index >= 15 is 0 Å². The normalized spacial score (nSPS) is 19.8. The topological polar surface area (TPSA) is 46.3 Å². The first-order valence-corrected chi connectivity index (χ1v) is 8.97. The third-order valence-electron chi connectivity index (χ3n) is 4.43. The van der Waals surface area contributed by atoms with Crippen LogP contribution in [0.3, 0.4) is 0 Å². The first kappa shape index (κ1) is 18.8. The Kier molecular flexibility index (Phi) is 7.16. The van der Waals surface area contributed by atoms with Crippen LogP contribution in [0, 0.1) is 5.92 Å². The van der Waals surface area contributed by atoms with Crippen LogP contribution in [0.4, 0.5) is 0 Å². The number of amides is 1. The van der Waals surface area contributed by atoms with Crippen molar-refractivity contribution in [3.63, 3.8) is 0 Å². The van der Waals surface area contributed by atoms with Crippen LogP contribution in [0.15, 0.2) is 65.6 Å². The number of benzene rings is 2. The van der Waals surface area contributed by atoms with Gasteiger partial charge in [-0.15, -0.1) is 24.2 Å². The Morgan fingerprint density at radius 2 is 1.67 bits per heavy atom. The van der Waals surface area contributed by atoms with Gasteiger partial charge in [-0.3, -0.25) is 4.79 Å². The monoisotopic (exact) mass is 362 g/mol. The Morgan fingerprint density at radius 3 is 2.29 bits per heavy atom. The summed E-state index contributed by atoms with van der Waals surface area (Å²) in [4.78, 5) is 15.6. The number of halogens is 1. The van der Waals surface area contributed by atoms with Crippen LogP contribution >= 0.6 is 24.2 Å². The van der Waals surface area contributed by atoms with E-state index in [-0.39, 0.29) is 18.3 Å². The summed E-state index contributed by atoms with van der Waals surface area (Å²) in [5.41, 5.74) is 7.23. The van der Waals surface area contributed by atoms with E-state index in [2.05, 4.69) is 24.3 Å². The molecular weight excluding hydrogens is 340 g/mol. The Labute approximate surface area is 154 Å². The van der Waals surface area contributed by atoms with Gasteiger partial charge >= 0.3 is 0 Å². The molecule has 1 heterocycles. The minimum Gasteiger partial charge on any atom is -0.341 e. The summed E-state index contributed by atoms with van der Waals surface area (Å²) in [5, 5.41) is 0. The van der Waals surface area contributed by atoms with Gasteiger partial charge in [0.2, 0.25) is 5.91 Å². The first-order chi connectivity index (χ1) is 11.3. The third kappa shape index (κ3) is 4.53. The third-order valence-corrected chi connectivity index (χ3v) is 5.43. The van der Waals surface area contributed by atoms with E-state index in [0.29, 0.717) is 24.1 Å². The van der Waals surface area contributed by atoms with Crippen molar-refractivity contribution in [2.24, 2.45) is 11.7 Å². The molecule has 2 aromatic rings. The molecule has 1 saturated heterocycles. The Bertz CT molecular complexity index is 638. The van der Waals surface area contributed by atoms with Crippen molar-refractivity contribution in [1.29, 1.82) is 0 Å². The maximum absolute atomic E-state index is 12.5. The van der Waals surface area contributed by atoms with Crippen molar-refractivity contribution in [2.45, 2.75) is 10.8 Å². The Morgan fingerprint density at radius 1 is 1.04 bits per heavy atom. The molecule has 1 amide bonds. The number of carbonyl (C=O) groups is 1. The number of hydrogen-bond donors (Lipinski definition) is 1. The largest absolute Gasteiger partial charge is 0.341 e. The minimum absolute atomic E-state index is 0. The average Bonchev–Trinajstić information content (AvgIpc) is 3.06. The predicted octanol–water partition coefficient (Wildman–Crippen LogP) is 3.40. The van der Waals surface area contributed by atoms with Crippen LogP contribution in [0.25, 0.3) is 0 Å². The second kappa shape index (κ2) is 9.11. The van der Waals surface area contributed by atoms with Crippen molar-refractivity contribution in [3.8, 4) is 0 Å². The lowest BCUT2D eigenvalue weighted by Gasteiger charge is -2.16. The highest BCUT2D eigenvalue weighted by Crippen LogP contribution is 2.32.